The summed E-state index contributed by atoms with van der Waals surface area (Å²) < 4.78 is 24.0. The van der Waals surface area contributed by atoms with Crippen LogP contribution in [0.5, 0.6) is 0 Å². The number of fused-ring (bicyclic) bond motifs is 2. The first-order valence-electron chi connectivity index (χ1n) is 18.9. The van der Waals surface area contributed by atoms with Gasteiger partial charge in [0, 0.05) is 67.4 Å². The van der Waals surface area contributed by atoms with Crippen molar-refractivity contribution >= 4 is 40.4 Å². The number of carbonyl (C=O) groups excluding carboxylic acids is 3. The smallest absolute Gasteiger partial charge is 0.407 e. The third-order valence-electron chi connectivity index (χ3n) is 10.4. The fraction of sp³-hybridized carbons (Fsp3) is 0.333. The Balaban J connectivity index is 0.892. The highest BCUT2D eigenvalue weighted by Crippen LogP contribution is 2.34. The van der Waals surface area contributed by atoms with Gasteiger partial charge >= 0.3 is 12.1 Å². The normalized spacial score (nSPS) is 15.8. The number of likely N-dealkylation sites (tertiary alicyclic amines) is 1. The maximum Gasteiger partial charge on any atom is 0.407 e. The number of piperidine rings is 1. The third-order valence-corrected chi connectivity index (χ3v) is 10.4. The topological polar surface area (TPSA) is 139 Å². The van der Waals surface area contributed by atoms with E-state index >= 15 is 4.39 Å². The number of aromatic nitrogens is 5. The van der Waals surface area contributed by atoms with Crippen LogP contribution in [-0.2, 0) is 29.7 Å². The number of anilines is 1. The van der Waals surface area contributed by atoms with Gasteiger partial charge in [-0.25, -0.2) is 23.5 Å². The van der Waals surface area contributed by atoms with E-state index in [9.17, 15) is 14.4 Å². The highest BCUT2D eigenvalue weighted by Gasteiger charge is 2.29. The molecule has 0 spiro atoms. The summed E-state index contributed by atoms with van der Waals surface area (Å²) in [6, 6.07) is 23.1. The minimum Gasteiger partial charge on any atom is -0.444 e. The number of amides is 4. The van der Waals surface area contributed by atoms with E-state index in [1.165, 1.54) is 17.2 Å². The second-order valence-electron chi connectivity index (χ2n) is 15.5. The first-order chi connectivity index (χ1) is 26.9. The standard InChI is InChI=1S/C42H44FN9O4/c1-42(2,3)56-41(55)45-24-31-10-9-30(21-33(31)43)35-13-17-44-37-23-34(47-52(35)37)28-7-5-26(6-8-28)25-50-18-14-27(15-19-50)29-11-12-32-36(22-29)49(4)48-39(32)51-20-16-38(53)46-40(51)54/h5-13,17,21-23,27H,14-16,18-20,24-25H2,1-4H3,(H,45,55)(H,46,53,54). The maximum atomic E-state index is 15.2. The molecular formula is C42H44FN9O4. The molecule has 2 aliphatic heterocycles. The predicted octanol–water partition coefficient (Wildman–Crippen LogP) is 6.94. The van der Waals surface area contributed by atoms with Crippen LogP contribution in [0, 0.1) is 5.82 Å². The number of alkyl carbamates (subject to hydrolysis) is 1. The molecule has 2 saturated heterocycles. The van der Waals surface area contributed by atoms with Gasteiger partial charge in [-0.2, -0.15) is 10.2 Å². The van der Waals surface area contributed by atoms with Crippen molar-refractivity contribution in [2.24, 2.45) is 7.05 Å². The van der Waals surface area contributed by atoms with Gasteiger partial charge in [0.25, 0.3) is 0 Å². The summed E-state index contributed by atoms with van der Waals surface area (Å²) in [6.07, 6.45) is 3.42. The Morgan fingerprint density at radius 2 is 1.71 bits per heavy atom. The van der Waals surface area contributed by atoms with Gasteiger partial charge in [-0.3, -0.25) is 24.6 Å². The molecule has 5 heterocycles. The molecule has 288 valence electrons. The van der Waals surface area contributed by atoms with Crippen LogP contribution in [0.2, 0.25) is 0 Å². The van der Waals surface area contributed by atoms with Gasteiger partial charge in [0.1, 0.15) is 11.4 Å². The number of carbonyl (C=O) groups is 3. The first kappa shape index (κ1) is 36.8. The minimum atomic E-state index is -0.641. The van der Waals surface area contributed by atoms with E-state index in [2.05, 4.69) is 68.1 Å². The summed E-state index contributed by atoms with van der Waals surface area (Å²) in [5.41, 5.74) is 6.88. The number of halogens is 1. The van der Waals surface area contributed by atoms with E-state index in [-0.39, 0.29) is 18.9 Å². The number of benzene rings is 3. The highest BCUT2D eigenvalue weighted by molar-refractivity contribution is 6.08. The zero-order valence-corrected chi connectivity index (χ0v) is 31.9. The Bertz CT molecular complexity index is 2460. The van der Waals surface area contributed by atoms with Gasteiger partial charge in [-0.15, -0.1) is 0 Å². The lowest BCUT2D eigenvalue weighted by atomic mass is 9.88. The monoisotopic (exact) mass is 757 g/mol. The van der Waals surface area contributed by atoms with Crippen molar-refractivity contribution in [3.8, 4) is 22.5 Å². The molecule has 6 aromatic rings. The van der Waals surface area contributed by atoms with Crippen LogP contribution in [0.1, 0.15) is 62.6 Å². The largest absolute Gasteiger partial charge is 0.444 e. The fourth-order valence-corrected chi connectivity index (χ4v) is 7.52. The molecule has 0 aliphatic carbocycles. The molecule has 4 amide bonds. The molecule has 0 bridgehead atoms. The number of nitrogens with one attached hydrogen (secondary N) is 2. The minimum absolute atomic E-state index is 0.00676. The number of urea groups is 1. The molecule has 14 heteroatoms. The predicted molar refractivity (Wildman–Crippen MR) is 210 cm³/mol. The molecule has 0 saturated carbocycles. The van der Waals surface area contributed by atoms with Crippen molar-refractivity contribution in [2.75, 3.05) is 24.5 Å². The van der Waals surface area contributed by atoms with Crippen LogP contribution in [0.4, 0.5) is 19.8 Å². The number of aryl methyl sites for hydroxylation is 1. The number of hydrogen-bond donors (Lipinski definition) is 2. The molecule has 13 nitrogen and oxygen atoms in total. The van der Waals surface area contributed by atoms with E-state index < -0.39 is 23.5 Å². The van der Waals surface area contributed by atoms with Crippen LogP contribution < -0.4 is 15.5 Å². The van der Waals surface area contributed by atoms with Gasteiger partial charge in [0.2, 0.25) is 5.91 Å². The van der Waals surface area contributed by atoms with Crippen LogP contribution in [-0.4, -0.2) is 72.5 Å². The van der Waals surface area contributed by atoms with Gasteiger partial charge in [0.05, 0.1) is 16.9 Å². The van der Waals surface area contributed by atoms with E-state index in [0.717, 1.165) is 54.6 Å². The van der Waals surface area contributed by atoms with E-state index in [4.69, 9.17) is 9.84 Å². The van der Waals surface area contributed by atoms with Crippen molar-refractivity contribution in [1.82, 2.24) is 39.9 Å². The number of hydrogen-bond acceptors (Lipinski definition) is 8. The summed E-state index contributed by atoms with van der Waals surface area (Å²) in [7, 11) is 1.89. The molecule has 56 heavy (non-hydrogen) atoms. The van der Waals surface area contributed by atoms with Crippen molar-refractivity contribution in [3.63, 3.8) is 0 Å². The van der Waals surface area contributed by atoms with Crippen molar-refractivity contribution in [2.45, 2.75) is 64.6 Å². The zero-order chi connectivity index (χ0) is 39.1. The van der Waals surface area contributed by atoms with Gasteiger partial charge in [0.15, 0.2) is 11.5 Å². The van der Waals surface area contributed by atoms with Crippen molar-refractivity contribution in [3.05, 3.63) is 102 Å². The Morgan fingerprint density at radius 3 is 2.45 bits per heavy atom. The van der Waals surface area contributed by atoms with Gasteiger partial charge in [-0.1, -0.05) is 42.5 Å². The van der Waals surface area contributed by atoms with Crippen LogP contribution in [0.15, 0.2) is 79.0 Å². The molecule has 3 aromatic heterocycles. The van der Waals surface area contributed by atoms with Gasteiger partial charge < -0.3 is 10.1 Å². The molecule has 0 radical (unpaired) electrons. The van der Waals surface area contributed by atoms with Crippen LogP contribution >= 0.6 is 0 Å². The second kappa shape index (κ2) is 14.8. The molecule has 2 aliphatic rings. The first-order valence-corrected chi connectivity index (χ1v) is 18.9. The maximum absolute atomic E-state index is 15.2. The van der Waals surface area contributed by atoms with E-state index in [0.29, 0.717) is 40.7 Å². The van der Waals surface area contributed by atoms with E-state index in [1.54, 1.807) is 48.5 Å². The molecule has 2 N–H and O–H groups in total. The van der Waals surface area contributed by atoms with Gasteiger partial charge in [-0.05, 0) is 88.0 Å². The lowest BCUT2D eigenvalue weighted by Gasteiger charge is -2.32. The zero-order valence-electron chi connectivity index (χ0n) is 31.9. The van der Waals surface area contributed by atoms with Crippen LogP contribution in [0.3, 0.4) is 0 Å². The lowest BCUT2D eigenvalue weighted by Crippen LogP contribution is -2.49. The second-order valence-corrected chi connectivity index (χ2v) is 15.5. The van der Waals surface area contributed by atoms with E-state index in [1.807, 2.05) is 23.9 Å². The molecular weight excluding hydrogens is 714 g/mol. The number of nitrogens with zero attached hydrogens (tertiary/aromatic N) is 7. The summed E-state index contributed by atoms with van der Waals surface area (Å²) in [5, 5.41) is 15.4. The summed E-state index contributed by atoms with van der Waals surface area (Å²) in [4.78, 5) is 44.7. The molecule has 0 atom stereocenters. The number of rotatable bonds is 8. The average molecular weight is 758 g/mol. The summed E-state index contributed by atoms with van der Waals surface area (Å²) in [5.74, 6) is 0.300. The molecule has 3 aromatic carbocycles. The summed E-state index contributed by atoms with van der Waals surface area (Å²) in [6.45, 7) is 8.45. The fourth-order valence-electron chi connectivity index (χ4n) is 7.52. The van der Waals surface area contributed by atoms with Crippen LogP contribution in [0.25, 0.3) is 39.1 Å². The quantitative estimate of drug-likeness (QED) is 0.170. The average Bonchev–Trinajstić information content (AvgIpc) is 3.75. The lowest BCUT2D eigenvalue weighted by molar-refractivity contribution is -0.120. The van der Waals surface area contributed by atoms with Crippen molar-refractivity contribution < 1.29 is 23.5 Å². The Labute approximate surface area is 323 Å². The molecule has 8 rings (SSSR count). The Morgan fingerprint density at radius 1 is 0.946 bits per heavy atom. The highest BCUT2D eigenvalue weighted by atomic mass is 19.1. The Hall–Kier alpha value is -6.15. The van der Waals surface area contributed by atoms with Crippen molar-refractivity contribution in [1.29, 1.82) is 0 Å². The number of imide groups is 1. The molecule has 0 unspecified atom stereocenters. The summed E-state index contributed by atoms with van der Waals surface area (Å²) >= 11 is 0. The third kappa shape index (κ3) is 7.69. The molecule has 2 fully saturated rings. The number of ether oxygens (including phenoxy) is 1. The Kier molecular flexibility index (Phi) is 9.75. The SMILES string of the molecule is Cn1nc(N2CCC(=O)NC2=O)c2ccc(C3CCN(Cc4ccc(-c5cc6nccc(-c7ccc(CNC(=O)OC(C)(C)C)c(F)c7)n6n5)cc4)CC3)cc21.